The van der Waals surface area contributed by atoms with Crippen molar-refractivity contribution in [2.45, 2.75) is 13.3 Å². The van der Waals surface area contributed by atoms with Gasteiger partial charge in [-0.05, 0) is 59.9 Å². The third kappa shape index (κ3) is 4.86. The first-order chi connectivity index (χ1) is 14.8. The lowest BCUT2D eigenvalue weighted by atomic mass is 9.98. The number of aromatic nitrogens is 5. The second-order valence-electron chi connectivity index (χ2n) is 7.67. The van der Waals surface area contributed by atoms with E-state index in [1.807, 2.05) is 48.9 Å². The second-order valence-corrected chi connectivity index (χ2v) is 9.93. The lowest BCUT2D eigenvalue weighted by molar-refractivity contribution is 0.601. The molecule has 0 spiro atoms. The van der Waals surface area contributed by atoms with Crippen LogP contribution in [0.5, 0.6) is 0 Å². The summed E-state index contributed by atoms with van der Waals surface area (Å²) in [6, 6.07) is 8.00. The predicted molar refractivity (Wildman–Crippen MR) is 123 cm³/mol. The Morgan fingerprint density at radius 1 is 1.10 bits per heavy atom. The summed E-state index contributed by atoms with van der Waals surface area (Å²) in [7, 11) is -1.11. The highest BCUT2D eigenvalue weighted by Gasteiger charge is 2.12. The molecule has 0 N–H and O–H groups in total. The van der Waals surface area contributed by atoms with Crippen molar-refractivity contribution in [3.05, 3.63) is 71.4 Å². The number of imidazole rings is 1. The largest absolute Gasteiger partial charge is 0.332 e. The van der Waals surface area contributed by atoms with Gasteiger partial charge in [0.25, 0.3) is 0 Å². The van der Waals surface area contributed by atoms with Crippen LogP contribution >= 0.6 is 0 Å². The number of pyridine rings is 1. The van der Waals surface area contributed by atoms with E-state index in [1.54, 1.807) is 24.9 Å². The third-order valence-electron chi connectivity index (χ3n) is 5.18. The Balaban J connectivity index is 1.87. The van der Waals surface area contributed by atoms with Crippen LogP contribution in [0.2, 0.25) is 0 Å². The van der Waals surface area contributed by atoms with Crippen LogP contribution in [0.25, 0.3) is 34.4 Å². The molecular weight excluding hydrogens is 410 g/mol. The molecule has 7 nitrogen and oxygen atoms in total. The Bertz CT molecular complexity index is 1380. The van der Waals surface area contributed by atoms with Crippen LogP contribution in [0, 0.1) is 6.92 Å². The summed E-state index contributed by atoms with van der Waals surface area (Å²) in [6.07, 6.45) is 12.6. The molecule has 3 aromatic heterocycles. The summed E-state index contributed by atoms with van der Waals surface area (Å²) >= 11 is 0. The van der Waals surface area contributed by atoms with Crippen LogP contribution in [-0.4, -0.2) is 45.2 Å². The zero-order valence-corrected chi connectivity index (χ0v) is 18.5. The minimum absolute atomic E-state index is 0.119. The molecule has 4 aromatic rings. The van der Waals surface area contributed by atoms with Crippen LogP contribution in [-0.2, 0) is 23.3 Å². The minimum atomic E-state index is -3.04. The molecule has 0 amide bonds. The fourth-order valence-corrected chi connectivity index (χ4v) is 4.06. The Hall–Kier alpha value is -3.39. The summed E-state index contributed by atoms with van der Waals surface area (Å²) < 4.78 is 25.3. The van der Waals surface area contributed by atoms with Crippen molar-refractivity contribution in [2.75, 3.05) is 12.0 Å². The van der Waals surface area contributed by atoms with Crippen molar-refractivity contribution in [2.24, 2.45) is 7.05 Å². The highest BCUT2D eigenvalue weighted by atomic mass is 32.2. The first-order valence-electron chi connectivity index (χ1n) is 9.83. The van der Waals surface area contributed by atoms with Gasteiger partial charge < -0.3 is 4.57 Å². The SMILES string of the molecule is Cc1cc2nc(-c3cncn3C)cc(/C=C/c3ccnnc3)c2cc1CCS(C)(=O)=O. The maximum atomic E-state index is 11.7. The van der Waals surface area contributed by atoms with Crippen LogP contribution in [0.3, 0.4) is 0 Å². The van der Waals surface area contributed by atoms with Gasteiger partial charge in [-0.3, -0.25) is 0 Å². The molecule has 1 aromatic carbocycles. The van der Waals surface area contributed by atoms with Gasteiger partial charge in [0.1, 0.15) is 9.84 Å². The van der Waals surface area contributed by atoms with E-state index in [2.05, 4.69) is 21.2 Å². The third-order valence-corrected chi connectivity index (χ3v) is 6.13. The van der Waals surface area contributed by atoms with E-state index in [0.29, 0.717) is 6.42 Å². The van der Waals surface area contributed by atoms with E-state index in [0.717, 1.165) is 44.5 Å². The first-order valence-corrected chi connectivity index (χ1v) is 11.9. The van der Waals surface area contributed by atoms with Crippen LogP contribution in [0.4, 0.5) is 0 Å². The van der Waals surface area contributed by atoms with Crippen molar-refractivity contribution in [3.63, 3.8) is 0 Å². The lowest BCUT2D eigenvalue weighted by Crippen LogP contribution is -2.07. The molecule has 158 valence electrons. The van der Waals surface area contributed by atoms with Crippen molar-refractivity contribution in [3.8, 4) is 11.4 Å². The Morgan fingerprint density at radius 3 is 2.61 bits per heavy atom. The van der Waals surface area contributed by atoms with E-state index in [-0.39, 0.29) is 5.75 Å². The van der Waals surface area contributed by atoms with Gasteiger partial charge in [-0.25, -0.2) is 18.4 Å². The van der Waals surface area contributed by atoms with E-state index >= 15 is 0 Å². The quantitative estimate of drug-likeness (QED) is 0.462. The van der Waals surface area contributed by atoms with Crippen LogP contribution in [0.15, 0.2) is 49.2 Å². The van der Waals surface area contributed by atoms with Gasteiger partial charge in [-0.2, -0.15) is 10.2 Å². The van der Waals surface area contributed by atoms with Crippen molar-refractivity contribution >= 4 is 32.9 Å². The monoisotopic (exact) mass is 433 g/mol. The minimum Gasteiger partial charge on any atom is -0.332 e. The Kier molecular flexibility index (Phi) is 5.65. The maximum absolute atomic E-state index is 11.7. The van der Waals surface area contributed by atoms with Crippen molar-refractivity contribution < 1.29 is 8.42 Å². The van der Waals surface area contributed by atoms with Gasteiger partial charge in [0.05, 0.1) is 47.6 Å². The molecule has 0 radical (unpaired) electrons. The molecule has 0 saturated carbocycles. The standard InChI is InChI=1S/C23H23N5O2S/c1-16-10-21-20(11-18(16)7-9-31(3,29)30)19(5-4-17-6-8-25-26-13-17)12-22(27-21)23-14-24-15-28(23)2/h4-6,8,10-15H,7,9H2,1-3H3/b5-4+. The molecule has 8 heteroatoms. The average molecular weight is 434 g/mol. The van der Waals surface area contributed by atoms with E-state index < -0.39 is 9.84 Å². The zero-order valence-electron chi connectivity index (χ0n) is 17.6. The summed E-state index contributed by atoms with van der Waals surface area (Å²) in [5, 5.41) is 8.71. The van der Waals surface area contributed by atoms with Gasteiger partial charge in [0.2, 0.25) is 0 Å². The number of aryl methyl sites for hydroxylation is 3. The fraction of sp³-hybridized carbons (Fsp3) is 0.217. The van der Waals surface area contributed by atoms with Crippen molar-refractivity contribution in [1.29, 1.82) is 0 Å². The van der Waals surface area contributed by atoms with Gasteiger partial charge in [0, 0.05) is 18.7 Å². The molecule has 0 saturated heterocycles. The number of benzene rings is 1. The molecule has 3 heterocycles. The summed E-state index contributed by atoms with van der Waals surface area (Å²) in [5.41, 5.74) is 6.55. The van der Waals surface area contributed by atoms with Gasteiger partial charge in [-0.15, -0.1) is 0 Å². The molecule has 31 heavy (non-hydrogen) atoms. The summed E-state index contributed by atoms with van der Waals surface area (Å²) in [5.74, 6) is 0.119. The van der Waals surface area contributed by atoms with Gasteiger partial charge >= 0.3 is 0 Å². The van der Waals surface area contributed by atoms with Crippen molar-refractivity contribution in [1.82, 2.24) is 24.7 Å². The number of hydrogen-bond acceptors (Lipinski definition) is 6. The van der Waals surface area contributed by atoms with Crippen LogP contribution in [0.1, 0.15) is 22.3 Å². The molecule has 0 aliphatic rings. The highest BCUT2D eigenvalue weighted by molar-refractivity contribution is 7.90. The second kappa shape index (κ2) is 8.39. The molecule has 0 aliphatic heterocycles. The number of rotatable bonds is 6. The summed E-state index contributed by atoms with van der Waals surface area (Å²) in [6.45, 7) is 1.99. The lowest BCUT2D eigenvalue weighted by Gasteiger charge is -2.12. The number of nitrogens with zero attached hydrogens (tertiary/aromatic N) is 5. The zero-order chi connectivity index (χ0) is 22.0. The normalized spacial score (nSPS) is 12.1. The predicted octanol–water partition coefficient (Wildman–Crippen LogP) is 3.49. The topological polar surface area (TPSA) is 90.6 Å². The van der Waals surface area contributed by atoms with Gasteiger partial charge in [0.15, 0.2) is 0 Å². The number of hydrogen-bond donors (Lipinski definition) is 0. The van der Waals surface area contributed by atoms with E-state index in [9.17, 15) is 8.42 Å². The molecule has 4 rings (SSSR count). The molecule has 0 aliphatic carbocycles. The van der Waals surface area contributed by atoms with Crippen LogP contribution < -0.4 is 0 Å². The van der Waals surface area contributed by atoms with Gasteiger partial charge in [-0.1, -0.05) is 12.2 Å². The number of sulfone groups is 1. The molecule has 0 unspecified atom stereocenters. The Labute approximate surface area is 181 Å². The van der Waals surface area contributed by atoms with E-state index in [4.69, 9.17) is 4.98 Å². The Morgan fingerprint density at radius 2 is 1.94 bits per heavy atom. The highest BCUT2D eigenvalue weighted by Crippen LogP contribution is 2.28. The summed E-state index contributed by atoms with van der Waals surface area (Å²) in [4.78, 5) is 9.08. The number of fused-ring (bicyclic) bond motifs is 1. The molecule has 0 atom stereocenters. The molecule has 0 fully saturated rings. The average Bonchev–Trinajstić information content (AvgIpc) is 3.16. The molecular formula is C23H23N5O2S. The first kappa shape index (κ1) is 20.9. The fourth-order valence-electron chi connectivity index (χ4n) is 3.47. The smallest absolute Gasteiger partial charge is 0.147 e. The molecule has 0 bridgehead atoms. The van der Waals surface area contributed by atoms with E-state index in [1.165, 1.54) is 6.26 Å². The maximum Gasteiger partial charge on any atom is 0.147 e.